The van der Waals surface area contributed by atoms with Crippen molar-refractivity contribution in [2.75, 3.05) is 5.32 Å². The van der Waals surface area contributed by atoms with Gasteiger partial charge in [0.05, 0.1) is 16.3 Å². The van der Waals surface area contributed by atoms with Crippen LogP contribution in [-0.2, 0) is 4.79 Å². The summed E-state index contributed by atoms with van der Waals surface area (Å²) in [6, 6.07) is 10.1. The van der Waals surface area contributed by atoms with Gasteiger partial charge in [-0.05, 0) is 25.0 Å². The van der Waals surface area contributed by atoms with Gasteiger partial charge in [-0.1, -0.05) is 49.2 Å². The van der Waals surface area contributed by atoms with Crippen molar-refractivity contribution >= 4 is 32.6 Å². The molecule has 1 saturated carbocycles. The Hall–Kier alpha value is -1.93. The number of hydrogen-bond donors (Lipinski definition) is 1. The topological polar surface area (TPSA) is 65.8 Å². The number of thiazole rings is 1. The Labute approximate surface area is 127 Å². The van der Waals surface area contributed by atoms with Crippen LogP contribution in [0, 0.1) is 16.7 Å². The fourth-order valence-electron chi connectivity index (χ4n) is 2.86. The van der Waals surface area contributed by atoms with Gasteiger partial charge in [-0.3, -0.25) is 4.79 Å². The molecule has 21 heavy (non-hydrogen) atoms. The molecule has 1 fully saturated rings. The van der Waals surface area contributed by atoms with Gasteiger partial charge in [0.15, 0.2) is 5.13 Å². The highest BCUT2D eigenvalue weighted by atomic mass is 32.1. The van der Waals surface area contributed by atoms with Gasteiger partial charge in [-0.25, -0.2) is 4.98 Å². The van der Waals surface area contributed by atoms with Crippen molar-refractivity contribution in [3.05, 3.63) is 24.3 Å². The molecule has 108 valence electrons. The average Bonchev–Trinajstić information content (AvgIpc) is 2.74. The van der Waals surface area contributed by atoms with Crippen LogP contribution in [0.5, 0.6) is 0 Å². The maximum absolute atomic E-state index is 12.6. The standard InChI is InChI=1S/C16H17N3OS/c17-11-16(9-5-1-2-6-10-16)14(20)19-15-18-12-7-3-4-8-13(12)21-15/h3-4,7-8H,1-2,5-6,9-10H2,(H,18,19,20). The molecule has 1 amide bonds. The second kappa shape index (κ2) is 5.82. The third kappa shape index (κ3) is 2.77. The summed E-state index contributed by atoms with van der Waals surface area (Å²) in [4.78, 5) is 17.0. The van der Waals surface area contributed by atoms with E-state index < -0.39 is 5.41 Å². The van der Waals surface area contributed by atoms with E-state index in [1.807, 2.05) is 24.3 Å². The van der Waals surface area contributed by atoms with Crippen molar-refractivity contribution in [2.45, 2.75) is 38.5 Å². The summed E-state index contributed by atoms with van der Waals surface area (Å²) in [6.07, 6.45) is 5.41. The van der Waals surface area contributed by atoms with Gasteiger partial charge in [0, 0.05) is 0 Å². The minimum Gasteiger partial charge on any atom is -0.301 e. The van der Waals surface area contributed by atoms with Crippen LogP contribution < -0.4 is 5.32 Å². The van der Waals surface area contributed by atoms with Gasteiger partial charge >= 0.3 is 0 Å². The van der Waals surface area contributed by atoms with E-state index in [0.717, 1.165) is 35.9 Å². The molecular formula is C16H17N3OS. The number of nitriles is 1. The summed E-state index contributed by atoms with van der Waals surface area (Å²) in [5, 5.41) is 13.0. The van der Waals surface area contributed by atoms with Crippen molar-refractivity contribution in [1.82, 2.24) is 4.98 Å². The zero-order valence-electron chi connectivity index (χ0n) is 11.8. The monoisotopic (exact) mass is 299 g/mol. The third-order valence-corrected chi connectivity index (χ3v) is 5.07. The van der Waals surface area contributed by atoms with Crippen LogP contribution in [0.15, 0.2) is 24.3 Å². The largest absolute Gasteiger partial charge is 0.301 e. The lowest BCUT2D eigenvalue weighted by Crippen LogP contribution is -2.34. The molecule has 0 atom stereocenters. The van der Waals surface area contributed by atoms with Crippen molar-refractivity contribution < 1.29 is 4.79 Å². The van der Waals surface area contributed by atoms with Crippen LogP contribution in [-0.4, -0.2) is 10.9 Å². The maximum Gasteiger partial charge on any atom is 0.246 e. The second-order valence-corrected chi connectivity index (χ2v) is 6.58. The molecule has 1 N–H and O–H groups in total. The Balaban J connectivity index is 1.82. The summed E-state index contributed by atoms with van der Waals surface area (Å²) in [6.45, 7) is 0. The predicted molar refractivity (Wildman–Crippen MR) is 84.0 cm³/mol. The van der Waals surface area contributed by atoms with E-state index in [9.17, 15) is 10.1 Å². The number of para-hydroxylation sites is 1. The SMILES string of the molecule is N#CC1(C(=O)Nc2nc3ccccc3s2)CCCCCC1. The van der Waals surface area contributed by atoms with E-state index in [1.54, 1.807) is 0 Å². The van der Waals surface area contributed by atoms with E-state index in [-0.39, 0.29) is 5.91 Å². The summed E-state index contributed by atoms with van der Waals surface area (Å²) in [7, 11) is 0. The fraction of sp³-hybridized carbons (Fsp3) is 0.438. The van der Waals surface area contributed by atoms with Crippen molar-refractivity contribution in [1.29, 1.82) is 5.26 Å². The lowest BCUT2D eigenvalue weighted by Gasteiger charge is -2.22. The minimum absolute atomic E-state index is 0.189. The van der Waals surface area contributed by atoms with Crippen molar-refractivity contribution in [3.63, 3.8) is 0 Å². The third-order valence-electron chi connectivity index (χ3n) is 4.12. The first kappa shape index (κ1) is 14.0. The zero-order chi connectivity index (χ0) is 14.7. The second-order valence-electron chi connectivity index (χ2n) is 5.55. The number of nitrogens with one attached hydrogen (secondary N) is 1. The highest BCUT2D eigenvalue weighted by Crippen LogP contribution is 2.36. The molecule has 1 aliphatic rings. The lowest BCUT2D eigenvalue weighted by molar-refractivity contribution is -0.123. The molecule has 2 aromatic rings. The van der Waals surface area contributed by atoms with Gasteiger partial charge in [0.25, 0.3) is 0 Å². The fourth-order valence-corrected chi connectivity index (χ4v) is 3.73. The molecule has 1 aromatic heterocycles. The van der Waals surface area contributed by atoms with Gasteiger partial charge in [0.2, 0.25) is 5.91 Å². The smallest absolute Gasteiger partial charge is 0.246 e. The Morgan fingerprint density at radius 1 is 1.24 bits per heavy atom. The van der Waals surface area contributed by atoms with Crippen LogP contribution in [0.2, 0.25) is 0 Å². The molecule has 4 nitrogen and oxygen atoms in total. The molecule has 0 unspecified atom stereocenters. The Kier molecular flexibility index (Phi) is 3.89. The number of hydrogen-bond acceptors (Lipinski definition) is 4. The first-order valence-corrected chi connectivity index (χ1v) is 8.13. The molecule has 0 radical (unpaired) electrons. The molecule has 5 heteroatoms. The van der Waals surface area contributed by atoms with Crippen LogP contribution in [0.25, 0.3) is 10.2 Å². The molecule has 1 aliphatic carbocycles. The number of carbonyl (C=O) groups is 1. The molecular weight excluding hydrogens is 282 g/mol. The molecule has 0 saturated heterocycles. The Morgan fingerprint density at radius 2 is 1.95 bits per heavy atom. The summed E-state index contributed by atoms with van der Waals surface area (Å²) >= 11 is 1.45. The normalized spacial score (nSPS) is 17.9. The average molecular weight is 299 g/mol. The van der Waals surface area contributed by atoms with E-state index in [4.69, 9.17) is 0 Å². The number of carbonyl (C=O) groups excluding carboxylic acids is 1. The lowest BCUT2D eigenvalue weighted by atomic mass is 9.81. The zero-order valence-corrected chi connectivity index (χ0v) is 12.6. The van der Waals surface area contributed by atoms with E-state index in [0.29, 0.717) is 18.0 Å². The highest BCUT2D eigenvalue weighted by molar-refractivity contribution is 7.22. The molecule has 0 spiro atoms. The van der Waals surface area contributed by atoms with E-state index >= 15 is 0 Å². The van der Waals surface area contributed by atoms with Crippen molar-refractivity contribution in [2.24, 2.45) is 5.41 Å². The molecule has 1 aromatic carbocycles. The Bertz CT molecular complexity index is 660. The van der Waals surface area contributed by atoms with Crippen LogP contribution in [0.4, 0.5) is 5.13 Å². The quantitative estimate of drug-likeness (QED) is 0.849. The summed E-state index contributed by atoms with van der Waals surface area (Å²) < 4.78 is 1.04. The van der Waals surface area contributed by atoms with E-state index in [2.05, 4.69) is 16.4 Å². The van der Waals surface area contributed by atoms with Crippen molar-refractivity contribution in [3.8, 4) is 6.07 Å². The molecule has 3 rings (SSSR count). The highest BCUT2D eigenvalue weighted by Gasteiger charge is 2.39. The number of rotatable bonds is 2. The number of benzene rings is 1. The first-order chi connectivity index (χ1) is 10.2. The first-order valence-electron chi connectivity index (χ1n) is 7.32. The minimum atomic E-state index is -0.881. The number of anilines is 1. The number of aromatic nitrogens is 1. The molecule has 0 aliphatic heterocycles. The van der Waals surface area contributed by atoms with Crippen LogP contribution in [0.3, 0.4) is 0 Å². The van der Waals surface area contributed by atoms with E-state index in [1.165, 1.54) is 11.3 Å². The number of amides is 1. The van der Waals surface area contributed by atoms with Gasteiger partial charge in [-0.15, -0.1) is 0 Å². The molecule has 0 bridgehead atoms. The Morgan fingerprint density at radius 3 is 2.62 bits per heavy atom. The molecule has 1 heterocycles. The van der Waals surface area contributed by atoms with Crippen LogP contribution >= 0.6 is 11.3 Å². The predicted octanol–water partition coefficient (Wildman–Crippen LogP) is 4.10. The maximum atomic E-state index is 12.6. The van der Waals surface area contributed by atoms with Gasteiger partial charge in [0.1, 0.15) is 5.41 Å². The summed E-state index contributed by atoms with van der Waals surface area (Å²) in [5.41, 5.74) is -0.00127. The number of fused-ring (bicyclic) bond motifs is 1. The summed E-state index contributed by atoms with van der Waals surface area (Å²) in [5.74, 6) is -0.189. The van der Waals surface area contributed by atoms with Crippen LogP contribution in [0.1, 0.15) is 38.5 Å². The number of nitrogens with zero attached hydrogens (tertiary/aromatic N) is 2. The van der Waals surface area contributed by atoms with Gasteiger partial charge < -0.3 is 5.32 Å². The van der Waals surface area contributed by atoms with Gasteiger partial charge in [-0.2, -0.15) is 5.26 Å².